The molecule has 0 saturated heterocycles. The fourth-order valence-electron chi connectivity index (χ4n) is 2.15. The molecule has 1 saturated carbocycles. The lowest BCUT2D eigenvalue weighted by molar-refractivity contribution is 0.408. The third-order valence-corrected chi connectivity index (χ3v) is 3.17. The lowest BCUT2D eigenvalue weighted by Crippen LogP contribution is -2.14. The molecule has 3 N–H and O–H groups in total. The molecular formula is C8H14N4S. The van der Waals surface area contributed by atoms with Gasteiger partial charge in [0.05, 0.1) is 0 Å². The van der Waals surface area contributed by atoms with Gasteiger partial charge in [0.25, 0.3) is 0 Å². The number of hydrogen-bond acceptors (Lipinski definition) is 3. The quantitative estimate of drug-likeness (QED) is 0.677. The molecule has 2 rings (SSSR count). The normalized spacial score (nSPS) is 28.1. The van der Waals surface area contributed by atoms with Crippen molar-refractivity contribution in [1.29, 1.82) is 0 Å². The maximum atomic E-state index is 5.74. The van der Waals surface area contributed by atoms with Gasteiger partial charge in [-0.3, -0.25) is 4.57 Å². The number of H-pyrrole nitrogens is 1. The van der Waals surface area contributed by atoms with Gasteiger partial charge in [0.15, 0.2) is 4.77 Å². The zero-order valence-electron chi connectivity index (χ0n) is 7.66. The molecule has 1 aliphatic rings. The molecule has 13 heavy (non-hydrogen) atoms. The van der Waals surface area contributed by atoms with Crippen LogP contribution in [0, 0.1) is 10.7 Å². The summed E-state index contributed by atoms with van der Waals surface area (Å²) < 4.78 is 2.60. The molecule has 0 amide bonds. The van der Waals surface area contributed by atoms with Gasteiger partial charge >= 0.3 is 0 Å². The summed E-state index contributed by atoms with van der Waals surface area (Å²) in [5, 5.41) is 6.64. The van der Waals surface area contributed by atoms with Gasteiger partial charge in [0, 0.05) is 6.04 Å². The molecule has 0 aliphatic heterocycles. The monoisotopic (exact) mass is 198 g/mol. The van der Waals surface area contributed by atoms with E-state index in [9.17, 15) is 0 Å². The molecule has 72 valence electrons. The van der Waals surface area contributed by atoms with Crippen LogP contribution in [0.3, 0.4) is 0 Å². The molecule has 1 aromatic heterocycles. The third kappa shape index (κ3) is 1.37. The van der Waals surface area contributed by atoms with Crippen LogP contribution in [-0.2, 0) is 0 Å². The largest absolute Gasteiger partial charge is 0.368 e. The van der Waals surface area contributed by atoms with Crippen LogP contribution in [-0.4, -0.2) is 14.8 Å². The van der Waals surface area contributed by atoms with Crippen molar-refractivity contribution >= 4 is 18.2 Å². The van der Waals surface area contributed by atoms with E-state index in [0.717, 1.165) is 0 Å². The van der Waals surface area contributed by atoms with Crippen LogP contribution < -0.4 is 5.73 Å². The molecule has 0 radical (unpaired) electrons. The van der Waals surface area contributed by atoms with Gasteiger partial charge in [-0.1, -0.05) is 13.3 Å². The van der Waals surface area contributed by atoms with Gasteiger partial charge in [-0.05, 0) is 31.0 Å². The Morgan fingerprint density at radius 2 is 2.38 bits per heavy atom. The predicted octanol–water partition coefficient (Wildman–Crippen LogP) is 1.88. The number of aromatic nitrogens is 3. The first-order valence-corrected chi connectivity index (χ1v) is 5.03. The highest BCUT2D eigenvalue weighted by molar-refractivity contribution is 7.71. The first-order valence-electron chi connectivity index (χ1n) is 4.62. The lowest BCUT2D eigenvalue weighted by atomic mass is 10.1. The van der Waals surface area contributed by atoms with Crippen LogP contribution in [0.2, 0.25) is 0 Å². The first kappa shape index (κ1) is 8.74. The van der Waals surface area contributed by atoms with E-state index in [-0.39, 0.29) is 0 Å². The molecule has 2 unspecified atom stereocenters. The summed E-state index contributed by atoms with van der Waals surface area (Å²) in [5.41, 5.74) is 5.74. The van der Waals surface area contributed by atoms with E-state index < -0.39 is 0 Å². The van der Waals surface area contributed by atoms with Crippen LogP contribution in [0.4, 0.5) is 5.95 Å². The number of nitrogens with zero attached hydrogens (tertiary/aromatic N) is 2. The smallest absolute Gasteiger partial charge is 0.220 e. The fourth-order valence-corrected chi connectivity index (χ4v) is 2.42. The summed E-state index contributed by atoms with van der Waals surface area (Å²) in [6, 6.07) is 0.450. The Kier molecular flexibility index (Phi) is 2.11. The summed E-state index contributed by atoms with van der Waals surface area (Å²) in [4.78, 5) is 0. The van der Waals surface area contributed by atoms with Crippen LogP contribution in [0.1, 0.15) is 32.2 Å². The highest BCUT2D eigenvalue weighted by Gasteiger charge is 2.26. The zero-order chi connectivity index (χ0) is 9.42. The van der Waals surface area contributed by atoms with Crippen molar-refractivity contribution in [2.75, 3.05) is 5.73 Å². The SMILES string of the molecule is CC1CCCC1n1c(N)n[nH]c1=S. The van der Waals surface area contributed by atoms with Crippen LogP contribution in [0.25, 0.3) is 0 Å². The highest BCUT2D eigenvalue weighted by atomic mass is 32.1. The zero-order valence-corrected chi connectivity index (χ0v) is 8.47. The Labute approximate surface area is 82.1 Å². The van der Waals surface area contributed by atoms with Gasteiger partial charge in [-0.2, -0.15) is 0 Å². The number of nitrogens with one attached hydrogen (secondary N) is 1. The first-order chi connectivity index (χ1) is 6.20. The number of aromatic amines is 1. The van der Waals surface area contributed by atoms with Crippen molar-refractivity contribution in [3.05, 3.63) is 4.77 Å². The van der Waals surface area contributed by atoms with E-state index in [2.05, 4.69) is 17.1 Å². The lowest BCUT2D eigenvalue weighted by Gasteiger charge is -2.17. The Morgan fingerprint density at radius 1 is 1.62 bits per heavy atom. The molecule has 5 heteroatoms. The van der Waals surface area contributed by atoms with Gasteiger partial charge in [-0.25, -0.2) is 5.10 Å². The van der Waals surface area contributed by atoms with E-state index in [1.54, 1.807) is 0 Å². The standard InChI is InChI=1S/C8H14N4S/c1-5-3-2-4-6(5)12-7(9)10-11-8(12)13/h5-6H,2-4H2,1H3,(H2,9,10)(H,11,13). The Morgan fingerprint density at radius 3 is 2.85 bits per heavy atom. The third-order valence-electron chi connectivity index (χ3n) is 2.88. The predicted molar refractivity (Wildman–Crippen MR) is 53.9 cm³/mol. The van der Waals surface area contributed by atoms with E-state index in [4.69, 9.17) is 18.0 Å². The summed E-state index contributed by atoms with van der Waals surface area (Å²) in [6.07, 6.45) is 3.69. The Balaban J connectivity index is 2.39. The Bertz CT molecular complexity index is 353. The molecule has 0 bridgehead atoms. The van der Waals surface area contributed by atoms with E-state index in [0.29, 0.717) is 22.7 Å². The van der Waals surface area contributed by atoms with Crippen molar-refractivity contribution < 1.29 is 0 Å². The minimum atomic E-state index is 0.450. The van der Waals surface area contributed by atoms with Gasteiger partial charge in [-0.15, -0.1) is 5.10 Å². The molecule has 4 nitrogen and oxygen atoms in total. The molecule has 0 aromatic carbocycles. The molecule has 1 fully saturated rings. The van der Waals surface area contributed by atoms with Gasteiger partial charge in [0.1, 0.15) is 0 Å². The van der Waals surface area contributed by atoms with Crippen molar-refractivity contribution in [2.24, 2.45) is 5.92 Å². The van der Waals surface area contributed by atoms with Crippen molar-refractivity contribution in [1.82, 2.24) is 14.8 Å². The molecule has 0 spiro atoms. The summed E-state index contributed by atoms with van der Waals surface area (Å²) >= 11 is 5.13. The Hall–Kier alpha value is -0.840. The van der Waals surface area contributed by atoms with Crippen LogP contribution in [0.15, 0.2) is 0 Å². The summed E-state index contributed by atoms with van der Waals surface area (Å²) in [6.45, 7) is 2.24. The minimum Gasteiger partial charge on any atom is -0.368 e. The van der Waals surface area contributed by atoms with Crippen LogP contribution >= 0.6 is 12.2 Å². The highest BCUT2D eigenvalue weighted by Crippen LogP contribution is 2.36. The summed E-state index contributed by atoms with van der Waals surface area (Å²) in [5.74, 6) is 1.18. The second kappa shape index (κ2) is 3.14. The second-order valence-electron chi connectivity index (χ2n) is 3.73. The number of anilines is 1. The molecular weight excluding hydrogens is 184 g/mol. The molecule has 1 aromatic rings. The molecule has 1 heterocycles. The topological polar surface area (TPSA) is 59.6 Å². The molecule has 1 aliphatic carbocycles. The number of hydrogen-bond donors (Lipinski definition) is 2. The number of nitrogens with two attached hydrogens (primary N) is 1. The van der Waals surface area contributed by atoms with E-state index in [1.165, 1.54) is 19.3 Å². The average molecular weight is 198 g/mol. The van der Waals surface area contributed by atoms with Crippen molar-refractivity contribution in [2.45, 2.75) is 32.2 Å². The fraction of sp³-hybridized carbons (Fsp3) is 0.750. The van der Waals surface area contributed by atoms with Crippen molar-refractivity contribution in [3.63, 3.8) is 0 Å². The van der Waals surface area contributed by atoms with Crippen molar-refractivity contribution in [3.8, 4) is 0 Å². The number of rotatable bonds is 1. The summed E-state index contributed by atoms with van der Waals surface area (Å²) in [7, 11) is 0. The van der Waals surface area contributed by atoms with Gasteiger partial charge in [0.2, 0.25) is 5.95 Å². The second-order valence-corrected chi connectivity index (χ2v) is 4.12. The molecule has 2 atom stereocenters. The maximum Gasteiger partial charge on any atom is 0.220 e. The van der Waals surface area contributed by atoms with E-state index >= 15 is 0 Å². The minimum absolute atomic E-state index is 0.450. The average Bonchev–Trinajstić information content (AvgIpc) is 2.60. The number of nitrogen functional groups attached to an aromatic ring is 1. The van der Waals surface area contributed by atoms with Gasteiger partial charge < -0.3 is 5.73 Å². The maximum absolute atomic E-state index is 5.74. The van der Waals surface area contributed by atoms with Crippen LogP contribution in [0.5, 0.6) is 0 Å². The van der Waals surface area contributed by atoms with E-state index in [1.807, 2.05) is 4.57 Å².